The van der Waals surface area contributed by atoms with Gasteiger partial charge in [0, 0.05) is 12.2 Å². The van der Waals surface area contributed by atoms with Gasteiger partial charge in [-0.1, -0.05) is 48.5 Å². The molecule has 1 aromatic heterocycles. The zero-order valence-corrected chi connectivity index (χ0v) is 25.5. The number of aromatic nitrogens is 2. The minimum atomic E-state index is -1.74. The first-order chi connectivity index (χ1) is 14.4. The first kappa shape index (κ1) is 26.7. The maximum Gasteiger partial charge on any atom is 0.192 e. The van der Waals surface area contributed by atoms with Crippen LogP contribution in [0.15, 0.2) is 6.20 Å². The zero-order chi connectivity index (χ0) is 24.2. The van der Waals surface area contributed by atoms with Crippen molar-refractivity contribution in [2.75, 3.05) is 13.2 Å². The van der Waals surface area contributed by atoms with Gasteiger partial charge in [-0.05, 0) is 96.0 Å². The summed E-state index contributed by atoms with van der Waals surface area (Å²) in [4.78, 5) is 0. The fraction of sp³-hybridized carbons (Fsp3) is 0.885. The van der Waals surface area contributed by atoms with Crippen LogP contribution in [-0.2, 0) is 15.7 Å². The largest absolute Gasteiger partial charge is 0.414 e. The molecule has 3 rings (SSSR count). The van der Waals surface area contributed by atoms with Crippen LogP contribution in [0.4, 0.5) is 0 Å². The van der Waals surface area contributed by atoms with Gasteiger partial charge >= 0.3 is 0 Å². The summed E-state index contributed by atoms with van der Waals surface area (Å²) in [5.74, 6) is 0. The lowest BCUT2D eigenvalue weighted by atomic mass is 9.48. The number of ether oxygens (including phenoxy) is 1. The molecule has 0 amide bonds. The minimum Gasteiger partial charge on any atom is -0.414 e. The summed E-state index contributed by atoms with van der Waals surface area (Å²) in [5, 5.41) is 4.94. The number of rotatable bonds is 7. The van der Waals surface area contributed by atoms with Crippen LogP contribution in [0, 0.1) is 26.7 Å². The van der Waals surface area contributed by atoms with E-state index in [0.29, 0.717) is 24.0 Å². The van der Waals surface area contributed by atoms with Crippen molar-refractivity contribution in [1.29, 1.82) is 0 Å². The highest BCUT2D eigenvalue weighted by Crippen LogP contribution is 2.63. The van der Waals surface area contributed by atoms with Crippen molar-refractivity contribution in [2.45, 2.75) is 118 Å². The molecule has 0 saturated heterocycles. The third kappa shape index (κ3) is 5.82. The lowest BCUT2D eigenvalue weighted by Crippen LogP contribution is -2.57. The van der Waals surface area contributed by atoms with Gasteiger partial charge < -0.3 is 9.16 Å². The van der Waals surface area contributed by atoms with Crippen molar-refractivity contribution < 1.29 is 9.16 Å². The number of nitrogens with zero attached hydrogens (tertiary/aromatic N) is 2. The van der Waals surface area contributed by atoms with Crippen LogP contribution in [0.3, 0.4) is 0 Å². The van der Waals surface area contributed by atoms with E-state index in [9.17, 15) is 0 Å². The SMILES string of the molecule is Cc1c(I)cnn1CC1(C)CC2(C)CC(C)(C)CC(OCCO[Si](C)(C)C(C)(C)C)(C1)C2. The maximum atomic E-state index is 6.88. The standard InChI is InChI=1S/C26H47IN2O2Si/c1-20-21(27)13-28-29(20)19-25(8)16-24(7)14-23(5,6)15-26(17-24,18-25)30-11-12-31-32(9,10)22(2,3)4/h13H,11-12,14-19H2,1-10H3. The molecule has 0 N–H and O–H groups in total. The van der Waals surface area contributed by atoms with Gasteiger partial charge in [0.1, 0.15) is 0 Å². The monoisotopic (exact) mass is 574 g/mol. The van der Waals surface area contributed by atoms with Gasteiger partial charge in [-0.25, -0.2) is 0 Å². The van der Waals surface area contributed by atoms with E-state index in [0.717, 1.165) is 19.4 Å². The second-order valence-corrected chi connectivity index (χ2v) is 20.0. The predicted molar refractivity (Wildman–Crippen MR) is 145 cm³/mol. The Bertz CT molecular complexity index is 826. The Morgan fingerprint density at radius 2 is 1.69 bits per heavy atom. The molecule has 0 aliphatic heterocycles. The van der Waals surface area contributed by atoms with Crippen LogP contribution < -0.4 is 0 Å². The second kappa shape index (κ2) is 8.63. The lowest BCUT2D eigenvalue weighted by Gasteiger charge is -2.61. The average Bonchev–Trinajstić information content (AvgIpc) is 2.86. The van der Waals surface area contributed by atoms with Crippen molar-refractivity contribution >= 4 is 30.9 Å². The second-order valence-electron chi connectivity index (χ2n) is 14.0. The van der Waals surface area contributed by atoms with Crippen molar-refractivity contribution in [3.63, 3.8) is 0 Å². The van der Waals surface area contributed by atoms with E-state index in [1.54, 1.807) is 0 Å². The normalized spacial score (nSPS) is 32.8. The van der Waals surface area contributed by atoms with Crippen LogP contribution >= 0.6 is 22.6 Å². The first-order valence-corrected chi connectivity index (χ1v) is 16.3. The molecule has 2 bridgehead atoms. The Labute approximate surface area is 211 Å². The van der Waals surface area contributed by atoms with Crippen LogP contribution in [0.2, 0.25) is 18.1 Å². The molecule has 0 spiro atoms. The summed E-state index contributed by atoms with van der Waals surface area (Å²) in [5.41, 5.74) is 2.03. The summed E-state index contributed by atoms with van der Waals surface area (Å²) >= 11 is 2.40. The molecule has 0 aromatic carbocycles. The van der Waals surface area contributed by atoms with Crippen LogP contribution in [0.1, 0.15) is 86.3 Å². The van der Waals surface area contributed by atoms with E-state index in [1.165, 1.54) is 28.5 Å². The van der Waals surface area contributed by atoms with Gasteiger partial charge in [0.2, 0.25) is 0 Å². The van der Waals surface area contributed by atoms with Crippen LogP contribution in [-0.4, -0.2) is 36.9 Å². The van der Waals surface area contributed by atoms with Gasteiger partial charge in [0.15, 0.2) is 8.32 Å². The lowest BCUT2D eigenvalue weighted by molar-refractivity contribution is -0.196. The molecule has 2 aliphatic carbocycles. The quantitative estimate of drug-likeness (QED) is 0.191. The summed E-state index contributed by atoms with van der Waals surface area (Å²) in [7, 11) is -1.74. The predicted octanol–water partition coefficient (Wildman–Crippen LogP) is 7.59. The molecule has 32 heavy (non-hydrogen) atoms. The summed E-state index contributed by atoms with van der Waals surface area (Å²) in [6, 6.07) is 0. The Morgan fingerprint density at radius 1 is 1.03 bits per heavy atom. The van der Waals surface area contributed by atoms with E-state index in [4.69, 9.17) is 14.3 Å². The Hall–Kier alpha value is 0.0769. The van der Waals surface area contributed by atoms with E-state index in [1.807, 2.05) is 6.20 Å². The van der Waals surface area contributed by atoms with E-state index in [2.05, 4.69) is 95.8 Å². The highest BCUT2D eigenvalue weighted by Gasteiger charge is 2.58. The molecule has 2 saturated carbocycles. The van der Waals surface area contributed by atoms with Crippen molar-refractivity contribution in [3.05, 3.63) is 15.5 Å². The highest BCUT2D eigenvalue weighted by atomic mass is 127. The summed E-state index contributed by atoms with van der Waals surface area (Å²) in [6.45, 7) is 26.0. The smallest absolute Gasteiger partial charge is 0.192 e. The molecule has 2 fully saturated rings. The summed E-state index contributed by atoms with van der Waals surface area (Å²) < 4.78 is 16.8. The molecular weight excluding hydrogens is 527 g/mol. The molecular formula is C26H47IN2O2Si. The fourth-order valence-electron chi connectivity index (χ4n) is 7.09. The zero-order valence-electron chi connectivity index (χ0n) is 22.3. The molecule has 184 valence electrons. The Morgan fingerprint density at radius 3 is 2.25 bits per heavy atom. The van der Waals surface area contributed by atoms with Gasteiger partial charge in [0.05, 0.1) is 28.6 Å². The Balaban J connectivity index is 1.77. The number of fused-ring (bicyclic) bond motifs is 2. The number of hydrogen-bond acceptors (Lipinski definition) is 3. The molecule has 1 aromatic rings. The van der Waals surface area contributed by atoms with Gasteiger partial charge in [-0.15, -0.1) is 0 Å². The van der Waals surface area contributed by atoms with E-state index < -0.39 is 8.32 Å². The van der Waals surface area contributed by atoms with Crippen molar-refractivity contribution in [2.24, 2.45) is 16.2 Å². The molecule has 3 unspecified atom stereocenters. The van der Waals surface area contributed by atoms with Crippen LogP contribution in [0.25, 0.3) is 0 Å². The molecule has 1 heterocycles. The molecule has 2 aliphatic rings. The average molecular weight is 575 g/mol. The summed E-state index contributed by atoms with van der Waals surface area (Å²) in [6.07, 6.45) is 7.94. The van der Waals surface area contributed by atoms with E-state index >= 15 is 0 Å². The number of halogens is 1. The van der Waals surface area contributed by atoms with Gasteiger partial charge in [-0.2, -0.15) is 5.10 Å². The van der Waals surface area contributed by atoms with Crippen molar-refractivity contribution in [3.8, 4) is 0 Å². The number of hydrogen-bond donors (Lipinski definition) is 0. The molecule has 0 radical (unpaired) electrons. The molecule has 3 atom stereocenters. The first-order valence-electron chi connectivity index (χ1n) is 12.4. The van der Waals surface area contributed by atoms with E-state index in [-0.39, 0.29) is 16.1 Å². The third-order valence-electron chi connectivity index (χ3n) is 8.39. The van der Waals surface area contributed by atoms with Gasteiger partial charge in [-0.3, -0.25) is 4.68 Å². The van der Waals surface area contributed by atoms with Gasteiger partial charge in [0.25, 0.3) is 0 Å². The minimum absolute atomic E-state index is 0.0610. The van der Waals surface area contributed by atoms with Crippen LogP contribution in [0.5, 0.6) is 0 Å². The fourth-order valence-corrected chi connectivity index (χ4v) is 8.52. The van der Waals surface area contributed by atoms with Crippen molar-refractivity contribution in [1.82, 2.24) is 9.78 Å². The topological polar surface area (TPSA) is 36.3 Å². The maximum absolute atomic E-state index is 6.88. The third-order valence-corrected chi connectivity index (χ3v) is 14.0. The molecule has 6 heteroatoms. The Kier molecular flexibility index (Phi) is 7.19. The molecule has 4 nitrogen and oxygen atoms in total. The highest BCUT2D eigenvalue weighted by molar-refractivity contribution is 14.1.